The van der Waals surface area contributed by atoms with Crippen LogP contribution in [0.1, 0.15) is 23.2 Å². The maximum absolute atomic E-state index is 12.2. The Morgan fingerprint density at radius 1 is 0.960 bits per heavy atom. The number of Topliss-reactive ketones (excluding diaryl/α,β-unsaturated/α-hetero) is 1. The van der Waals surface area contributed by atoms with Gasteiger partial charge in [0, 0.05) is 29.8 Å². The Hall–Kier alpha value is -2.04. The van der Waals surface area contributed by atoms with Crippen molar-refractivity contribution in [2.24, 2.45) is 5.92 Å². The van der Waals surface area contributed by atoms with Crippen LogP contribution in [-0.2, 0) is 9.59 Å². The quantitative estimate of drug-likeness (QED) is 0.345. The number of carbonyl (C=O) groups is 3. The van der Waals surface area contributed by atoms with Crippen LogP contribution in [0.4, 0.5) is 0 Å². The molecule has 0 fully saturated rings. The van der Waals surface area contributed by atoms with Crippen LogP contribution in [0.3, 0.4) is 0 Å². The summed E-state index contributed by atoms with van der Waals surface area (Å²) >= 11 is 0. The van der Waals surface area contributed by atoms with Crippen molar-refractivity contribution in [3.8, 4) is 17.2 Å². The zero-order chi connectivity index (χ0) is 17.6. The molecular weight excluding hydrogens is 348 g/mol. The van der Waals surface area contributed by atoms with E-state index in [1.54, 1.807) is 0 Å². The Labute approximate surface area is 160 Å². The molecule has 0 radical (unpaired) electrons. The van der Waals surface area contributed by atoms with Gasteiger partial charge >= 0.3 is 23.1 Å². The molecule has 0 saturated heterocycles. The molecular formula is C15H18MgO9. The topological polar surface area (TPSA) is 157 Å². The molecule has 9 nitrogen and oxygen atoms in total. The number of ether oxygens (including phenoxy) is 3. The number of rotatable bonds is 9. The number of ketones is 1. The van der Waals surface area contributed by atoms with Crippen molar-refractivity contribution < 1.29 is 44.3 Å². The number of carbonyl (C=O) groups excluding carboxylic acids is 3. The zero-order valence-corrected chi connectivity index (χ0v) is 15.5. The van der Waals surface area contributed by atoms with Crippen LogP contribution in [-0.4, -0.2) is 67.6 Å². The van der Waals surface area contributed by atoms with E-state index < -0.39 is 36.5 Å². The summed E-state index contributed by atoms with van der Waals surface area (Å²) in [6, 6.07) is 2.71. The second-order valence-electron chi connectivity index (χ2n) is 4.63. The van der Waals surface area contributed by atoms with E-state index in [1.165, 1.54) is 33.5 Å². The van der Waals surface area contributed by atoms with Crippen molar-refractivity contribution in [1.29, 1.82) is 0 Å². The third kappa shape index (κ3) is 6.76. The fourth-order valence-electron chi connectivity index (χ4n) is 2.02. The molecule has 2 N–H and O–H groups in total. The molecule has 134 valence electrons. The molecule has 0 amide bonds. The van der Waals surface area contributed by atoms with Crippen molar-refractivity contribution in [1.82, 2.24) is 0 Å². The average molecular weight is 367 g/mol. The Balaban J connectivity index is 0. The molecule has 0 heterocycles. The second kappa shape index (κ2) is 11.5. The van der Waals surface area contributed by atoms with Gasteiger partial charge in [0.25, 0.3) is 0 Å². The SMILES string of the molecule is COc1cc(C(=O)CC(CC(=O)[O-])C(=O)[O-])cc(OC)c1OC.O.[Mg+2]. The van der Waals surface area contributed by atoms with Crippen LogP contribution < -0.4 is 24.4 Å². The van der Waals surface area contributed by atoms with E-state index in [2.05, 4.69) is 0 Å². The maximum Gasteiger partial charge on any atom is 2.00 e. The number of hydrogen-bond donors (Lipinski definition) is 0. The molecule has 0 aromatic heterocycles. The summed E-state index contributed by atoms with van der Waals surface area (Å²) in [5, 5.41) is 21.5. The normalized spacial score (nSPS) is 10.5. The smallest absolute Gasteiger partial charge is 0.550 e. The van der Waals surface area contributed by atoms with Gasteiger partial charge in [-0.1, -0.05) is 0 Å². The molecule has 1 aromatic carbocycles. The molecule has 0 aliphatic carbocycles. The summed E-state index contributed by atoms with van der Waals surface area (Å²) < 4.78 is 15.3. The minimum absolute atomic E-state index is 0. The molecule has 0 bridgehead atoms. The van der Waals surface area contributed by atoms with E-state index in [0.29, 0.717) is 0 Å². The van der Waals surface area contributed by atoms with E-state index in [-0.39, 0.29) is 51.3 Å². The predicted molar refractivity (Wildman–Crippen MR) is 82.5 cm³/mol. The Bertz CT molecular complexity index is 590. The van der Waals surface area contributed by atoms with E-state index in [1.807, 2.05) is 0 Å². The summed E-state index contributed by atoms with van der Waals surface area (Å²) in [6.45, 7) is 0. The molecule has 0 aliphatic heterocycles. The van der Waals surface area contributed by atoms with Crippen LogP contribution in [0.2, 0.25) is 0 Å². The van der Waals surface area contributed by atoms with Gasteiger partial charge in [0.05, 0.1) is 21.3 Å². The van der Waals surface area contributed by atoms with E-state index in [0.717, 1.165) is 0 Å². The van der Waals surface area contributed by atoms with Gasteiger partial charge in [-0.05, 0) is 18.6 Å². The Kier molecular flexibility index (Phi) is 11.6. The second-order valence-corrected chi connectivity index (χ2v) is 4.63. The summed E-state index contributed by atoms with van der Waals surface area (Å²) in [6.07, 6.45) is -1.35. The van der Waals surface area contributed by atoms with Crippen molar-refractivity contribution in [3.05, 3.63) is 17.7 Å². The first-order chi connectivity index (χ1) is 10.8. The number of aliphatic carboxylic acids is 2. The van der Waals surface area contributed by atoms with Gasteiger partial charge in [0.15, 0.2) is 17.3 Å². The molecule has 1 rings (SSSR count). The Morgan fingerprint density at radius 3 is 1.76 bits per heavy atom. The zero-order valence-electron chi connectivity index (χ0n) is 14.1. The molecule has 0 spiro atoms. The van der Waals surface area contributed by atoms with Gasteiger partial charge in [-0.3, -0.25) is 4.79 Å². The van der Waals surface area contributed by atoms with Gasteiger partial charge in [0.1, 0.15) is 0 Å². The third-order valence-electron chi connectivity index (χ3n) is 3.16. The van der Waals surface area contributed by atoms with Gasteiger partial charge in [0.2, 0.25) is 5.75 Å². The van der Waals surface area contributed by atoms with Crippen LogP contribution in [0.25, 0.3) is 0 Å². The first-order valence-electron chi connectivity index (χ1n) is 6.57. The molecule has 0 aliphatic rings. The van der Waals surface area contributed by atoms with Crippen LogP contribution in [0, 0.1) is 5.92 Å². The average Bonchev–Trinajstić information content (AvgIpc) is 2.51. The first kappa shape index (κ1) is 25.2. The molecule has 0 saturated carbocycles. The molecule has 1 atom stereocenters. The van der Waals surface area contributed by atoms with Crippen molar-refractivity contribution in [3.63, 3.8) is 0 Å². The molecule has 25 heavy (non-hydrogen) atoms. The fourth-order valence-corrected chi connectivity index (χ4v) is 2.02. The Morgan fingerprint density at radius 2 is 1.44 bits per heavy atom. The van der Waals surface area contributed by atoms with Gasteiger partial charge in [-0.25, -0.2) is 0 Å². The molecule has 1 unspecified atom stereocenters. The van der Waals surface area contributed by atoms with Crippen molar-refractivity contribution in [2.75, 3.05) is 21.3 Å². The monoisotopic (exact) mass is 366 g/mol. The van der Waals surface area contributed by atoms with Crippen LogP contribution >= 0.6 is 0 Å². The van der Waals surface area contributed by atoms with E-state index >= 15 is 0 Å². The number of benzene rings is 1. The number of carboxylic acids is 2. The standard InChI is InChI=1S/C15H18O8.Mg.H2O/c1-21-11-5-8(6-12(22-2)14(11)23-3)10(16)4-9(15(19)20)7-13(17)18;;/h5-6,9H,4,7H2,1-3H3,(H,17,18)(H,19,20);;1H2/q;+2;/p-2. The van der Waals surface area contributed by atoms with E-state index in [9.17, 15) is 24.6 Å². The summed E-state index contributed by atoms with van der Waals surface area (Å²) in [4.78, 5) is 33.7. The van der Waals surface area contributed by atoms with Crippen molar-refractivity contribution >= 4 is 40.8 Å². The molecule has 10 heteroatoms. The summed E-state index contributed by atoms with van der Waals surface area (Å²) in [5.41, 5.74) is 0.101. The first-order valence-corrected chi connectivity index (χ1v) is 6.57. The fraction of sp³-hybridized carbons (Fsp3) is 0.400. The largest absolute Gasteiger partial charge is 2.00 e. The van der Waals surface area contributed by atoms with Crippen molar-refractivity contribution in [2.45, 2.75) is 12.8 Å². The number of methoxy groups -OCH3 is 3. The predicted octanol–water partition coefficient (Wildman–Crippen LogP) is -2.41. The number of carboxylic acid groups (broad SMARTS) is 2. The van der Waals surface area contributed by atoms with Gasteiger partial charge < -0.3 is 39.5 Å². The summed E-state index contributed by atoms with van der Waals surface area (Å²) in [5.74, 6) is -4.56. The van der Waals surface area contributed by atoms with E-state index in [4.69, 9.17) is 14.2 Å². The minimum Gasteiger partial charge on any atom is -0.550 e. The third-order valence-corrected chi connectivity index (χ3v) is 3.16. The minimum atomic E-state index is -1.63. The van der Waals surface area contributed by atoms with Crippen LogP contribution in [0.15, 0.2) is 12.1 Å². The number of hydrogen-bond acceptors (Lipinski definition) is 8. The van der Waals surface area contributed by atoms with Gasteiger partial charge in [-0.15, -0.1) is 0 Å². The summed E-state index contributed by atoms with van der Waals surface area (Å²) in [7, 11) is 4.13. The van der Waals surface area contributed by atoms with Crippen LogP contribution in [0.5, 0.6) is 17.2 Å². The molecule has 1 aromatic rings. The van der Waals surface area contributed by atoms with Gasteiger partial charge in [-0.2, -0.15) is 0 Å². The maximum atomic E-state index is 12.2.